The van der Waals surface area contributed by atoms with E-state index in [1.54, 1.807) is 26.4 Å². The fraction of sp³-hybridized carbons (Fsp3) is 0.235. The van der Waals surface area contributed by atoms with E-state index >= 15 is 0 Å². The largest absolute Gasteiger partial charge is 0.493 e. The molecule has 0 fully saturated rings. The van der Waals surface area contributed by atoms with Crippen molar-refractivity contribution in [2.24, 2.45) is 5.10 Å². The average molecular weight is 329 g/mol. The highest BCUT2D eigenvalue weighted by atomic mass is 16.6. The first-order valence-corrected chi connectivity index (χ1v) is 7.38. The van der Waals surface area contributed by atoms with Gasteiger partial charge in [0.05, 0.1) is 30.5 Å². The Hall–Kier alpha value is -3.09. The van der Waals surface area contributed by atoms with Gasteiger partial charge in [-0.2, -0.15) is 5.10 Å². The van der Waals surface area contributed by atoms with Gasteiger partial charge >= 0.3 is 0 Å². The number of non-ortho nitro benzene ring substituents is 1. The smallest absolute Gasteiger partial charge is 0.271 e. The molecule has 0 unspecified atom stereocenters. The predicted molar refractivity (Wildman–Crippen MR) is 93.1 cm³/mol. The van der Waals surface area contributed by atoms with Gasteiger partial charge in [-0.3, -0.25) is 15.5 Å². The second-order valence-electron chi connectivity index (χ2n) is 4.90. The summed E-state index contributed by atoms with van der Waals surface area (Å²) in [4.78, 5) is 10.4. The van der Waals surface area contributed by atoms with Crippen molar-refractivity contribution in [3.8, 4) is 11.5 Å². The van der Waals surface area contributed by atoms with Crippen molar-refractivity contribution in [2.75, 3.05) is 19.6 Å². The zero-order chi connectivity index (χ0) is 17.5. The van der Waals surface area contributed by atoms with E-state index < -0.39 is 4.92 Å². The molecule has 0 saturated carbocycles. The summed E-state index contributed by atoms with van der Waals surface area (Å²) in [5.41, 5.74) is 5.11. The number of ether oxygens (including phenoxy) is 2. The van der Waals surface area contributed by atoms with Gasteiger partial charge in [-0.25, -0.2) is 0 Å². The standard InChI is InChI=1S/C17H19N3O4/c1-4-15(12-8-9-16(23-2)17(10-12)24-3)19-18-13-6-5-7-14(11-13)20(21)22/h5-11,18H,4H2,1-3H3. The Morgan fingerprint density at radius 2 is 1.92 bits per heavy atom. The topological polar surface area (TPSA) is 86.0 Å². The van der Waals surface area contributed by atoms with Crippen LogP contribution in [0, 0.1) is 10.1 Å². The molecule has 0 bridgehead atoms. The van der Waals surface area contributed by atoms with Gasteiger partial charge in [0, 0.05) is 17.7 Å². The molecule has 0 amide bonds. The molecule has 1 N–H and O–H groups in total. The normalized spacial score (nSPS) is 11.0. The Bertz CT molecular complexity index is 759. The van der Waals surface area contributed by atoms with Gasteiger partial charge in [0.2, 0.25) is 0 Å². The fourth-order valence-corrected chi connectivity index (χ4v) is 2.18. The van der Waals surface area contributed by atoms with Crippen molar-refractivity contribution in [2.45, 2.75) is 13.3 Å². The van der Waals surface area contributed by atoms with E-state index in [0.717, 1.165) is 11.3 Å². The first-order chi connectivity index (χ1) is 11.6. The van der Waals surface area contributed by atoms with Crippen LogP contribution in [0.15, 0.2) is 47.6 Å². The lowest BCUT2D eigenvalue weighted by atomic mass is 10.1. The SMILES string of the molecule is CCC(=NNc1cccc([N+](=O)[O-])c1)c1ccc(OC)c(OC)c1. The van der Waals surface area contributed by atoms with Crippen LogP contribution in [0.4, 0.5) is 11.4 Å². The highest BCUT2D eigenvalue weighted by Gasteiger charge is 2.09. The van der Waals surface area contributed by atoms with Crippen LogP contribution in [0.1, 0.15) is 18.9 Å². The predicted octanol–water partition coefficient (Wildman–Crippen LogP) is 3.84. The fourth-order valence-electron chi connectivity index (χ4n) is 2.18. The second kappa shape index (κ2) is 7.96. The number of hydrogen-bond acceptors (Lipinski definition) is 6. The Morgan fingerprint density at radius 3 is 2.54 bits per heavy atom. The molecule has 0 aliphatic rings. The van der Waals surface area contributed by atoms with E-state index in [1.807, 2.05) is 25.1 Å². The summed E-state index contributed by atoms with van der Waals surface area (Å²) in [6.45, 7) is 1.98. The third-order valence-corrected chi connectivity index (χ3v) is 3.43. The third-order valence-electron chi connectivity index (χ3n) is 3.43. The maximum absolute atomic E-state index is 10.8. The number of nitro benzene ring substituents is 1. The number of nitrogens with one attached hydrogen (secondary N) is 1. The number of hydrogen-bond donors (Lipinski definition) is 1. The number of benzene rings is 2. The molecule has 0 aliphatic carbocycles. The monoisotopic (exact) mass is 329 g/mol. The zero-order valence-electron chi connectivity index (χ0n) is 13.8. The zero-order valence-corrected chi connectivity index (χ0v) is 13.8. The van der Waals surface area contributed by atoms with E-state index in [2.05, 4.69) is 10.5 Å². The van der Waals surface area contributed by atoms with E-state index in [1.165, 1.54) is 12.1 Å². The average Bonchev–Trinajstić information content (AvgIpc) is 2.62. The highest BCUT2D eigenvalue weighted by molar-refractivity contribution is 6.01. The number of methoxy groups -OCH3 is 2. The number of rotatable bonds is 7. The molecule has 2 aromatic rings. The molecule has 7 heteroatoms. The molecular formula is C17H19N3O4. The molecule has 0 radical (unpaired) electrons. The number of anilines is 1. The lowest BCUT2D eigenvalue weighted by Crippen LogP contribution is -2.04. The summed E-state index contributed by atoms with van der Waals surface area (Å²) in [6.07, 6.45) is 0.678. The van der Waals surface area contributed by atoms with Crippen LogP contribution < -0.4 is 14.9 Å². The van der Waals surface area contributed by atoms with Gasteiger partial charge < -0.3 is 9.47 Å². The van der Waals surface area contributed by atoms with Crippen LogP contribution in [0.2, 0.25) is 0 Å². The van der Waals surface area contributed by atoms with Crippen molar-refractivity contribution in [1.82, 2.24) is 0 Å². The quantitative estimate of drug-likeness (QED) is 0.474. The molecule has 0 aromatic heterocycles. The summed E-state index contributed by atoms with van der Waals surface area (Å²) < 4.78 is 10.5. The molecule has 0 aliphatic heterocycles. The van der Waals surface area contributed by atoms with Gasteiger partial charge in [-0.1, -0.05) is 13.0 Å². The first kappa shape index (κ1) is 17.3. The lowest BCUT2D eigenvalue weighted by molar-refractivity contribution is -0.384. The van der Waals surface area contributed by atoms with E-state index in [9.17, 15) is 10.1 Å². The summed E-state index contributed by atoms with van der Waals surface area (Å²) in [5, 5.41) is 15.2. The molecule has 0 heterocycles. The maximum Gasteiger partial charge on any atom is 0.271 e. The molecular weight excluding hydrogens is 310 g/mol. The maximum atomic E-state index is 10.8. The number of nitro groups is 1. The third kappa shape index (κ3) is 4.01. The van der Waals surface area contributed by atoms with Crippen LogP contribution in [-0.2, 0) is 0 Å². The second-order valence-corrected chi connectivity index (χ2v) is 4.90. The Kier molecular flexibility index (Phi) is 5.73. The van der Waals surface area contributed by atoms with E-state index in [4.69, 9.17) is 9.47 Å². The minimum Gasteiger partial charge on any atom is -0.493 e. The first-order valence-electron chi connectivity index (χ1n) is 7.38. The Morgan fingerprint density at radius 1 is 1.17 bits per heavy atom. The minimum atomic E-state index is -0.441. The van der Waals surface area contributed by atoms with Gasteiger partial charge in [0.1, 0.15) is 0 Å². The molecule has 0 saturated heterocycles. The van der Waals surface area contributed by atoms with Crippen LogP contribution in [0.25, 0.3) is 0 Å². The van der Waals surface area contributed by atoms with E-state index in [-0.39, 0.29) is 5.69 Å². The van der Waals surface area contributed by atoms with Crippen LogP contribution in [0.3, 0.4) is 0 Å². The molecule has 2 rings (SSSR count). The van der Waals surface area contributed by atoms with Gasteiger partial charge in [0.15, 0.2) is 11.5 Å². The number of hydrazone groups is 1. The van der Waals surface area contributed by atoms with Crippen LogP contribution in [0.5, 0.6) is 11.5 Å². The molecule has 126 valence electrons. The summed E-state index contributed by atoms with van der Waals surface area (Å²) in [6, 6.07) is 11.7. The van der Waals surface area contributed by atoms with Crippen LogP contribution >= 0.6 is 0 Å². The Labute approximate surface area is 140 Å². The molecule has 24 heavy (non-hydrogen) atoms. The molecule has 0 spiro atoms. The molecule has 2 aromatic carbocycles. The van der Waals surface area contributed by atoms with Crippen molar-refractivity contribution >= 4 is 17.1 Å². The summed E-state index contributed by atoms with van der Waals surface area (Å²) >= 11 is 0. The van der Waals surface area contributed by atoms with Crippen molar-refractivity contribution in [3.05, 3.63) is 58.1 Å². The van der Waals surface area contributed by atoms with Gasteiger partial charge in [-0.15, -0.1) is 0 Å². The summed E-state index contributed by atoms with van der Waals surface area (Å²) in [7, 11) is 3.15. The highest BCUT2D eigenvalue weighted by Crippen LogP contribution is 2.28. The molecule has 0 atom stereocenters. The summed E-state index contributed by atoms with van der Waals surface area (Å²) in [5.74, 6) is 1.26. The lowest BCUT2D eigenvalue weighted by Gasteiger charge is -2.11. The van der Waals surface area contributed by atoms with Crippen molar-refractivity contribution < 1.29 is 14.4 Å². The minimum absolute atomic E-state index is 0.0133. The van der Waals surface area contributed by atoms with E-state index in [0.29, 0.717) is 23.6 Å². The van der Waals surface area contributed by atoms with Crippen molar-refractivity contribution in [3.63, 3.8) is 0 Å². The van der Waals surface area contributed by atoms with Crippen LogP contribution in [-0.4, -0.2) is 24.9 Å². The Balaban J connectivity index is 2.26. The molecule has 7 nitrogen and oxygen atoms in total. The van der Waals surface area contributed by atoms with Gasteiger partial charge in [-0.05, 0) is 30.7 Å². The van der Waals surface area contributed by atoms with Gasteiger partial charge in [0.25, 0.3) is 5.69 Å². The number of nitrogens with zero attached hydrogens (tertiary/aromatic N) is 2. The van der Waals surface area contributed by atoms with Crippen molar-refractivity contribution in [1.29, 1.82) is 0 Å².